The van der Waals surface area contributed by atoms with Gasteiger partial charge in [0.2, 0.25) is 0 Å². The second-order valence-electron chi connectivity index (χ2n) is 9.37. The molecule has 2 N–H and O–H groups in total. The smallest absolute Gasteiger partial charge is 0.416 e. The van der Waals surface area contributed by atoms with Gasteiger partial charge in [-0.3, -0.25) is 14.4 Å². The van der Waals surface area contributed by atoms with Gasteiger partial charge in [0.05, 0.1) is 17.5 Å². The Kier molecular flexibility index (Phi) is 5.99. The van der Waals surface area contributed by atoms with Crippen molar-refractivity contribution < 1.29 is 32.3 Å². The predicted molar refractivity (Wildman–Crippen MR) is 120 cm³/mol. The van der Waals surface area contributed by atoms with Crippen molar-refractivity contribution in [3.8, 4) is 5.75 Å². The van der Waals surface area contributed by atoms with Gasteiger partial charge in [-0.05, 0) is 73.6 Å². The van der Waals surface area contributed by atoms with E-state index >= 15 is 0 Å². The quantitative estimate of drug-likeness (QED) is 0.643. The number of amides is 2. The Morgan fingerprint density at radius 1 is 0.943 bits per heavy atom. The van der Waals surface area contributed by atoms with E-state index in [0.717, 1.165) is 18.6 Å². The normalized spacial score (nSPS) is 27.2. The molecular formula is C25H22ClF3N2O4. The number of rotatable bonds is 4. The molecule has 2 saturated carbocycles. The van der Waals surface area contributed by atoms with E-state index in [1.807, 2.05) is 0 Å². The van der Waals surface area contributed by atoms with Crippen LogP contribution in [0.1, 0.15) is 52.0 Å². The van der Waals surface area contributed by atoms with E-state index in [1.54, 1.807) is 12.1 Å². The number of hydrogen-bond acceptors (Lipinski definition) is 4. The van der Waals surface area contributed by atoms with Crippen LogP contribution in [0.2, 0.25) is 5.02 Å². The Bertz CT molecular complexity index is 1180. The lowest BCUT2D eigenvalue weighted by Crippen LogP contribution is -2.50. The number of Topliss-reactive ketones (excluding diaryl/α,β-unsaturated/α-hetero) is 1. The average molecular weight is 507 g/mol. The van der Waals surface area contributed by atoms with Crippen LogP contribution in [0.15, 0.2) is 42.5 Å². The summed E-state index contributed by atoms with van der Waals surface area (Å²) in [6.07, 6.45) is -3.27. The first-order chi connectivity index (χ1) is 16.6. The molecule has 5 unspecified atom stereocenters. The molecule has 5 rings (SSSR count). The maximum Gasteiger partial charge on any atom is 0.416 e. The van der Waals surface area contributed by atoms with Gasteiger partial charge in [-0.15, -0.1) is 0 Å². The molecule has 2 aliphatic carbocycles. The zero-order valence-corrected chi connectivity index (χ0v) is 19.2. The number of hydrogen-bond donors (Lipinski definition) is 2. The summed E-state index contributed by atoms with van der Waals surface area (Å²) in [4.78, 5) is 37.8. The van der Waals surface area contributed by atoms with Crippen LogP contribution in [0.5, 0.6) is 5.75 Å². The molecule has 0 aromatic heterocycles. The predicted octanol–water partition coefficient (Wildman–Crippen LogP) is 4.41. The van der Waals surface area contributed by atoms with Crippen molar-refractivity contribution in [2.45, 2.75) is 50.0 Å². The fraction of sp³-hybridized carbons (Fsp3) is 0.400. The minimum Gasteiger partial charge on any atom is -0.479 e. The SMILES string of the molecule is O=C(NC1CC2CC1CC2NC(=O)C1CC(=O)c2cc(Cl)ccc2O1)c1ccc(C(F)(F)F)cc1. The first-order valence-electron chi connectivity index (χ1n) is 11.4. The number of alkyl halides is 3. The van der Waals surface area contributed by atoms with Crippen molar-refractivity contribution in [1.82, 2.24) is 10.6 Å². The summed E-state index contributed by atoms with van der Waals surface area (Å²) in [5.74, 6) is -0.308. The van der Waals surface area contributed by atoms with Crippen LogP contribution in [0.25, 0.3) is 0 Å². The Morgan fingerprint density at radius 2 is 1.60 bits per heavy atom. The maximum absolute atomic E-state index is 12.8. The number of fused-ring (bicyclic) bond motifs is 3. The molecule has 2 aromatic rings. The molecule has 0 spiro atoms. The molecule has 1 heterocycles. The number of ketones is 1. The molecule has 2 aromatic carbocycles. The number of benzene rings is 2. The maximum atomic E-state index is 12.8. The van der Waals surface area contributed by atoms with Crippen LogP contribution in [0.3, 0.4) is 0 Å². The van der Waals surface area contributed by atoms with Crippen LogP contribution < -0.4 is 15.4 Å². The zero-order valence-electron chi connectivity index (χ0n) is 18.4. The Labute approximate surface area is 204 Å². The molecule has 184 valence electrons. The highest BCUT2D eigenvalue weighted by atomic mass is 35.5. The lowest BCUT2D eigenvalue weighted by Gasteiger charge is -2.31. The number of halogens is 4. The molecule has 2 fully saturated rings. The Morgan fingerprint density at radius 3 is 2.23 bits per heavy atom. The highest BCUT2D eigenvalue weighted by Gasteiger charge is 2.47. The average Bonchev–Trinajstić information content (AvgIpc) is 3.39. The van der Waals surface area contributed by atoms with E-state index in [1.165, 1.54) is 18.2 Å². The van der Waals surface area contributed by atoms with Gasteiger partial charge in [0.1, 0.15) is 5.75 Å². The minimum absolute atomic E-state index is 0.0637. The fourth-order valence-electron chi connectivity index (χ4n) is 5.41. The third-order valence-electron chi connectivity index (χ3n) is 7.15. The molecule has 3 aliphatic rings. The molecule has 0 radical (unpaired) electrons. The Hall–Kier alpha value is -3.07. The first kappa shape index (κ1) is 23.7. The van der Waals surface area contributed by atoms with Crippen LogP contribution >= 0.6 is 11.6 Å². The molecule has 6 nitrogen and oxygen atoms in total. The second-order valence-corrected chi connectivity index (χ2v) is 9.81. The van der Waals surface area contributed by atoms with Crippen molar-refractivity contribution >= 4 is 29.2 Å². The van der Waals surface area contributed by atoms with Gasteiger partial charge < -0.3 is 15.4 Å². The van der Waals surface area contributed by atoms with Gasteiger partial charge in [-0.25, -0.2) is 0 Å². The number of nitrogens with one attached hydrogen (secondary N) is 2. The topological polar surface area (TPSA) is 84.5 Å². The summed E-state index contributed by atoms with van der Waals surface area (Å²) in [6.45, 7) is 0. The number of carbonyl (C=O) groups excluding carboxylic acids is 3. The van der Waals surface area contributed by atoms with E-state index in [0.29, 0.717) is 29.2 Å². The summed E-state index contributed by atoms with van der Waals surface area (Å²) in [5, 5.41) is 6.36. The molecule has 2 bridgehead atoms. The van der Waals surface area contributed by atoms with Crippen molar-refractivity contribution in [2.75, 3.05) is 0 Å². The zero-order chi connectivity index (χ0) is 24.9. The number of ether oxygens (including phenoxy) is 1. The third kappa shape index (κ3) is 4.74. The summed E-state index contributed by atoms with van der Waals surface area (Å²) in [6, 6.07) is 8.66. The van der Waals surface area contributed by atoms with Crippen LogP contribution in [-0.4, -0.2) is 35.8 Å². The summed E-state index contributed by atoms with van der Waals surface area (Å²) in [7, 11) is 0. The highest BCUT2D eigenvalue weighted by molar-refractivity contribution is 6.31. The van der Waals surface area contributed by atoms with Gasteiger partial charge >= 0.3 is 6.18 Å². The standard InChI is InChI=1S/C25H22ClF3N2O4/c26-16-5-6-21-17(10-16)20(32)11-22(35-21)24(34)31-19-9-13-7-14(19)8-18(13)30-23(33)12-1-3-15(4-2-12)25(27,28)29/h1-6,10,13-14,18-19,22H,7-9,11H2,(H,30,33)(H,31,34). The third-order valence-corrected chi connectivity index (χ3v) is 7.39. The van der Waals surface area contributed by atoms with Crippen LogP contribution in [0.4, 0.5) is 13.2 Å². The molecule has 5 atom stereocenters. The lowest BCUT2D eigenvalue weighted by molar-refractivity contribution is -0.137. The van der Waals surface area contributed by atoms with Crippen molar-refractivity contribution in [1.29, 1.82) is 0 Å². The lowest BCUT2D eigenvalue weighted by atomic mass is 9.90. The van der Waals surface area contributed by atoms with Crippen LogP contribution in [-0.2, 0) is 11.0 Å². The summed E-state index contributed by atoms with van der Waals surface area (Å²) >= 11 is 5.94. The second kappa shape index (κ2) is 8.86. The summed E-state index contributed by atoms with van der Waals surface area (Å²) in [5.41, 5.74) is -0.261. The fourth-order valence-corrected chi connectivity index (χ4v) is 5.58. The molecule has 2 amide bonds. The van der Waals surface area contributed by atoms with Gasteiger partial charge in [0.15, 0.2) is 11.9 Å². The monoisotopic (exact) mass is 506 g/mol. The van der Waals surface area contributed by atoms with Gasteiger partial charge in [-0.2, -0.15) is 13.2 Å². The largest absolute Gasteiger partial charge is 0.479 e. The van der Waals surface area contributed by atoms with E-state index in [-0.39, 0.29) is 47.6 Å². The van der Waals surface area contributed by atoms with E-state index in [2.05, 4.69) is 10.6 Å². The molecular weight excluding hydrogens is 485 g/mol. The number of carbonyl (C=O) groups is 3. The van der Waals surface area contributed by atoms with Gasteiger partial charge in [-0.1, -0.05) is 11.6 Å². The van der Waals surface area contributed by atoms with Crippen molar-refractivity contribution in [3.63, 3.8) is 0 Å². The van der Waals surface area contributed by atoms with E-state index < -0.39 is 23.8 Å². The molecule has 10 heteroatoms. The van der Waals surface area contributed by atoms with Crippen LogP contribution in [0, 0.1) is 11.8 Å². The Balaban J connectivity index is 1.15. The van der Waals surface area contributed by atoms with E-state index in [9.17, 15) is 27.6 Å². The highest BCUT2D eigenvalue weighted by Crippen LogP contribution is 2.45. The van der Waals surface area contributed by atoms with Crippen molar-refractivity contribution in [2.24, 2.45) is 11.8 Å². The van der Waals surface area contributed by atoms with Gasteiger partial charge in [0, 0.05) is 22.7 Å². The first-order valence-corrected chi connectivity index (χ1v) is 11.7. The van der Waals surface area contributed by atoms with Crippen molar-refractivity contribution in [3.05, 3.63) is 64.2 Å². The molecule has 35 heavy (non-hydrogen) atoms. The molecule has 1 aliphatic heterocycles. The summed E-state index contributed by atoms with van der Waals surface area (Å²) < 4.78 is 43.9. The minimum atomic E-state index is -4.45. The van der Waals surface area contributed by atoms with Gasteiger partial charge in [0.25, 0.3) is 11.8 Å². The van der Waals surface area contributed by atoms with E-state index in [4.69, 9.17) is 16.3 Å². The molecule has 0 saturated heterocycles.